The Balaban J connectivity index is 2.03. The van der Waals surface area contributed by atoms with E-state index in [2.05, 4.69) is 15.4 Å². The van der Waals surface area contributed by atoms with Crippen molar-refractivity contribution in [2.24, 2.45) is 0 Å². The normalized spacial score (nSPS) is 11.3. The van der Waals surface area contributed by atoms with Crippen LogP contribution in [0.1, 0.15) is 67.2 Å². The number of nitrogens with zero attached hydrogens (tertiary/aromatic N) is 3. The number of esters is 2. The summed E-state index contributed by atoms with van der Waals surface area (Å²) in [5, 5.41) is 6.04. The molecule has 3 heterocycles. The fourth-order valence-corrected chi connectivity index (χ4v) is 3.99. The number of carbonyl (C=O) groups excluding carboxylic acids is 3. The zero-order valence-corrected chi connectivity index (χ0v) is 18.1. The van der Waals surface area contributed by atoms with Gasteiger partial charge in [-0.15, -0.1) is 11.3 Å². The molecule has 9 nitrogen and oxygen atoms in total. The molecule has 0 unspecified atom stereocenters. The Labute approximate surface area is 187 Å². The maximum atomic E-state index is 13.3. The van der Waals surface area contributed by atoms with Gasteiger partial charge < -0.3 is 14.8 Å². The third kappa shape index (κ3) is 4.65. The van der Waals surface area contributed by atoms with E-state index in [1.807, 2.05) is 0 Å². The zero-order valence-electron chi connectivity index (χ0n) is 17.3. The number of rotatable bonds is 7. The first-order valence-electron chi connectivity index (χ1n) is 9.26. The van der Waals surface area contributed by atoms with E-state index in [4.69, 9.17) is 9.47 Å². The molecular formula is C19H16F4N4O5S. The van der Waals surface area contributed by atoms with Crippen molar-refractivity contribution in [2.45, 2.75) is 26.7 Å². The van der Waals surface area contributed by atoms with Crippen LogP contribution in [-0.2, 0) is 9.47 Å². The maximum absolute atomic E-state index is 13.3. The maximum Gasteiger partial charge on any atom is 0.348 e. The van der Waals surface area contributed by atoms with Crippen LogP contribution in [0.5, 0.6) is 0 Å². The quantitative estimate of drug-likeness (QED) is 0.392. The summed E-state index contributed by atoms with van der Waals surface area (Å²) in [6, 6.07) is 1.44. The second-order valence-electron chi connectivity index (χ2n) is 6.43. The Morgan fingerprint density at radius 2 is 1.85 bits per heavy atom. The standard InChI is InChI=1S/C19H16F4N4O5S/c1-4-32-19(30)13-7(2)12(18(29)31-3)17(33-13)25-16(28)9-6-11-24-8(14(20)21)5-10(15(22)23)27(11)26-9/h5-6,14-15H,4H2,1-3H3,(H,25,28). The molecule has 0 aliphatic carbocycles. The summed E-state index contributed by atoms with van der Waals surface area (Å²) in [6.07, 6.45) is -6.28. The topological polar surface area (TPSA) is 112 Å². The van der Waals surface area contributed by atoms with Gasteiger partial charge in [0.2, 0.25) is 0 Å². The van der Waals surface area contributed by atoms with Gasteiger partial charge in [-0.05, 0) is 25.5 Å². The third-order valence-corrected chi connectivity index (χ3v) is 5.57. The smallest absolute Gasteiger partial charge is 0.348 e. The molecule has 0 radical (unpaired) electrons. The number of nitrogens with one attached hydrogen (secondary N) is 1. The summed E-state index contributed by atoms with van der Waals surface area (Å²) in [5.74, 6) is -2.52. The molecule has 3 aromatic heterocycles. The van der Waals surface area contributed by atoms with E-state index in [1.165, 1.54) is 6.92 Å². The summed E-state index contributed by atoms with van der Waals surface area (Å²) in [4.78, 5) is 40.7. The number of carbonyl (C=O) groups is 3. The van der Waals surface area contributed by atoms with Crippen LogP contribution in [0, 0.1) is 6.92 Å². The average Bonchev–Trinajstić information content (AvgIpc) is 3.33. The molecule has 3 rings (SSSR count). The number of fused-ring (bicyclic) bond motifs is 1. The number of hydrogen-bond acceptors (Lipinski definition) is 8. The van der Waals surface area contributed by atoms with E-state index >= 15 is 0 Å². The minimum Gasteiger partial charge on any atom is -0.465 e. The Hall–Kier alpha value is -3.55. The lowest BCUT2D eigenvalue weighted by atomic mass is 10.1. The molecule has 0 fully saturated rings. The highest BCUT2D eigenvalue weighted by Gasteiger charge is 2.28. The summed E-state index contributed by atoms with van der Waals surface area (Å²) in [6.45, 7) is 3.13. The van der Waals surface area contributed by atoms with Crippen LogP contribution in [-0.4, -0.2) is 46.2 Å². The molecule has 0 aromatic carbocycles. The second kappa shape index (κ2) is 9.52. The summed E-state index contributed by atoms with van der Waals surface area (Å²) in [5.41, 5.74) is -2.49. The number of methoxy groups -OCH3 is 1. The van der Waals surface area contributed by atoms with Gasteiger partial charge in [-0.2, -0.15) is 5.10 Å². The Morgan fingerprint density at radius 1 is 1.15 bits per heavy atom. The second-order valence-corrected chi connectivity index (χ2v) is 7.45. The van der Waals surface area contributed by atoms with Crippen LogP contribution in [0.15, 0.2) is 12.1 Å². The highest BCUT2D eigenvalue weighted by atomic mass is 32.1. The number of amides is 1. The number of anilines is 1. The number of hydrogen-bond donors (Lipinski definition) is 1. The fourth-order valence-electron chi connectivity index (χ4n) is 2.90. The van der Waals surface area contributed by atoms with Gasteiger partial charge in [-0.1, -0.05) is 0 Å². The molecule has 1 N–H and O–H groups in total. The van der Waals surface area contributed by atoms with Crippen LogP contribution in [0.25, 0.3) is 5.65 Å². The van der Waals surface area contributed by atoms with Crippen LogP contribution >= 0.6 is 11.3 Å². The highest BCUT2D eigenvalue weighted by Crippen LogP contribution is 2.34. The van der Waals surface area contributed by atoms with Gasteiger partial charge in [0.1, 0.15) is 21.3 Å². The predicted octanol–water partition coefficient (Wildman–Crippen LogP) is 4.19. The number of alkyl halides is 4. The van der Waals surface area contributed by atoms with E-state index in [9.17, 15) is 31.9 Å². The lowest BCUT2D eigenvalue weighted by molar-refractivity contribution is 0.0531. The Bertz CT molecular complexity index is 1240. The van der Waals surface area contributed by atoms with Gasteiger partial charge in [-0.3, -0.25) is 4.79 Å². The third-order valence-electron chi connectivity index (χ3n) is 4.38. The minimum atomic E-state index is -3.16. The summed E-state index contributed by atoms with van der Waals surface area (Å²) in [7, 11) is 1.11. The first-order chi connectivity index (χ1) is 15.6. The van der Waals surface area contributed by atoms with Crippen LogP contribution in [0.2, 0.25) is 0 Å². The van der Waals surface area contributed by atoms with Gasteiger partial charge in [0.15, 0.2) is 11.3 Å². The van der Waals surface area contributed by atoms with Crippen molar-refractivity contribution < 1.29 is 41.4 Å². The number of thiophene rings is 1. The highest BCUT2D eigenvalue weighted by molar-refractivity contribution is 7.18. The first-order valence-corrected chi connectivity index (χ1v) is 10.1. The molecule has 176 valence electrons. The van der Waals surface area contributed by atoms with E-state index in [1.54, 1.807) is 6.92 Å². The van der Waals surface area contributed by atoms with E-state index < -0.39 is 53.4 Å². The van der Waals surface area contributed by atoms with Crippen molar-refractivity contribution >= 4 is 39.8 Å². The monoisotopic (exact) mass is 488 g/mol. The van der Waals surface area contributed by atoms with Crippen LogP contribution < -0.4 is 5.32 Å². The van der Waals surface area contributed by atoms with Gasteiger partial charge in [-0.25, -0.2) is 36.7 Å². The van der Waals surface area contributed by atoms with Crippen molar-refractivity contribution in [3.05, 3.63) is 45.2 Å². The number of ether oxygens (including phenoxy) is 2. The van der Waals surface area contributed by atoms with Gasteiger partial charge in [0, 0.05) is 6.07 Å². The molecule has 0 saturated carbocycles. The molecule has 3 aromatic rings. The molecular weight excluding hydrogens is 472 g/mol. The predicted molar refractivity (Wildman–Crippen MR) is 107 cm³/mol. The van der Waals surface area contributed by atoms with Crippen molar-refractivity contribution in [3.63, 3.8) is 0 Å². The van der Waals surface area contributed by atoms with Crippen LogP contribution in [0.3, 0.4) is 0 Å². The first kappa shape index (κ1) is 24.1. The minimum absolute atomic E-state index is 0.0470. The molecule has 0 aliphatic heterocycles. The molecule has 0 aliphatic rings. The Kier molecular flexibility index (Phi) is 6.95. The molecule has 33 heavy (non-hydrogen) atoms. The van der Waals surface area contributed by atoms with Gasteiger partial charge >= 0.3 is 11.9 Å². The number of halogens is 4. The van der Waals surface area contributed by atoms with E-state index in [0.29, 0.717) is 10.6 Å². The molecule has 0 bridgehead atoms. The Morgan fingerprint density at radius 3 is 2.42 bits per heavy atom. The lowest BCUT2D eigenvalue weighted by Crippen LogP contribution is -2.15. The van der Waals surface area contributed by atoms with E-state index in [-0.39, 0.29) is 27.6 Å². The molecule has 14 heteroatoms. The van der Waals surface area contributed by atoms with Gasteiger partial charge in [0.25, 0.3) is 18.8 Å². The number of aromatic nitrogens is 3. The van der Waals surface area contributed by atoms with Gasteiger partial charge in [0.05, 0.1) is 19.3 Å². The van der Waals surface area contributed by atoms with Crippen molar-refractivity contribution in [2.75, 3.05) is 19.0 Å². The van der Waals surface area contributed by atoms with E-state index in [0.717, 1.165) is 24.5 Å². The van der Waals surface area contributed by atoms with Crippen LogP contribution in [0.4, 0.5) is 22.6 Å². The summed E-state index contributed by atoms with van der Waals surface area (Å²) < 4.78 is 62.9. The summed E-state index contributed by atoms with van der Waals surface area (Å²) >= 11 is 0.745. The average molecular weight is 488 g/mol. The molecule has 0 saturated heterocycles. The molecule has 0 atom stereocenters. The van der Waals surface area contributed by atoms with Crippen molar-refractivity contribution in [1.82, 2.24) is 14.6 Å². The largest absolute Gasteiger partial charge is 0.465 e. The van der Waals surface area contributed by atoms with Crippen molar-refractivity contribution in [3.8, 4) is 0 Å². The van der Waals surface area contributed by atoms with Crippen molar-refractivity contribution in [1.29, 1.82) is 0 Å². The SMILES string of the molecule is CCOC(=O)c1sc(NC(=O)c2cc3nc(C(F)F)cc(C(F)F)n3n2)c(C(=O)OC)c1C. The lowest BCUT2D eigenvalue weighted by Gasteiger charge is -2.06. The fraction of sp³-hybridized carbons (Fsp3) is 0.316. The zero-order chi connectivity index (χ0) is 24.4. The molecule has 1 amide bonds. The molecule has 0 spiro atoms.